The van der Waals surface area contributed by atoms with E-state index in [1.54, 1.807) is 41.1 Å². The molecule has 1 aromatic heterocycles. The molecule has 0 saturated heterocycles. The van der Waals surface area contributed by atoms with Crippen molar-refractivity contribution < 1.29 is 23.5 Å². The van der Waals surface area contributed by atoms with Crippen LogP contribution in [0.5, 0.6) is 11.5 Å². The second kappa shape index (κ2) is 12.3. The molecule has 0 radical (unpaired) electrons. The minimum atomic E-state index is -0.403. The third-order valence-electron chi connectivity index (χ3n) is 5.96. The zero-order valence-corrected chi connectivity index (χ0v) is 22.3. The van der Waals surface area contributed by atoms with Crippen LogP contribution >= 0.6 is 0 Å². The molecule has 0 spiro atoms. The number of methoxy groups -OCH3 is 2. The van der Waals surface area contributed by atoms with E-state index < -0.39 is 5.91 Å². The minimum Gasteiger partial charge on any atom is -0.497 e. The maximum absolute atomic E-state index is 13.6. The Morgan fingerprint density at radius 2 is 1.69 bits per heavy atom. The van der Waals surface area contributed by atoms with Crippen LogP contribution in [0.15, 0.2) is 78.9 Å². The standard InChI is InChI=1S/C30H31FN4O4/c1-20(2)18-34(30(37)25-15-14-24(38-3)16-27(25)39-4)19-29(36)32-28-17-26(21-8-6-5-7-9-21)33-35(28)23-12-10-22(31)11-13-23/h5-17,20H,18-19H2,1-4H3,(H,32,36). The maximum atomic E-state index is 13.6. The number of ether oxygens (including phenoxy) is 2. The molecule has 0 aliphatic heterocycles. The number of carbonyl (C=O) groups excluding carboxylic acids is 2. The molecule has 4 rings (SSSR count). The van der Waals surface area contributed by atoms with Gasteiger partial charge in [0.05, 0.1) is 31.2 Å². The van der Waals surface area contributed by atoms with Gasteiger partial charge in [-0.2, -0.15) is 5.10 Å². The smallest absolute Gasteiger partial charge is 0.258 e. The topological polar surface area (TPSA) is 85.7 Å². The zero-order valence-electron chi connectivity index (χ0n) is 22.3. The fraction of sp³-hybridized carbons (Fsp3) is 0.233. The molecule has 0 saturated carbocycles. The van der Waals surface area contributed by atoms with Crippen LogP contribution in [0.3, 0.4) is 0 Å². The van der Waals surface area contributed by atoms with Gasteiger partial charge in [-0.3, -0.25) is 9.59 Å². The summed E-state index contributed by atoms with van der Waals surface area (Å²) < 4.78 is 25.8. The highest BCUT2D eigenvalue weighted by molar-refractivity contribution is 6.01. The average Bonchev–Trinajstić information content (AvgIpc) is 3.36. The van der Waals surface area contributed by atoms with Crippen molar-refractivity contribution in [1.29, 1.82) is 0 Å². The molecule has 1 heterocycles. The van der Waals surface area contributed by atoms with Crippen LogP contribution in [0, 0.1) is 11.7 Å². The van der Waals surface area contributed by atoms with Gasteiger partial charge in [0.2, 0.25) is 5.91 Å². The van der Waals surface area contributed by atoms with Crippen molar-refractivity contribution in [1.82, 2.24) is 14.7 Å². The number of hydrogen-bond acceptors (Lipinski definition) is 5. The Balaban J connectivity index is 1.62. The van der Waals surface area contributed by atoms with Gasteiger partial charge in [-0.15, -0.1) is 0 Å². The van der Waals surface area contributed by atoms with Crippen molar-refractivity contribution in [2.75, 3.05) is 32.6 Å². The molecule has 9 heteroatoms. The first-order valence-electron chi connectivity index (χ1n) is 12.5. The molecule has 8 nitrogen and oxygen atoms in total. The Labute approximate surface area is 227 Å². The Bertz CT molecular complexity index is 1440. The molecule has 0 aliphatic carbocycles. The number of anilines is 1. The summed E-state index contributed by atoms with van der Waals surface area (Å²) in [6, 6.07) is 22.0. The van der Waals surface area contributed by atoms with Gasteiger partial charge in [0.25, 0.3) is 5.91 Å². The molecular weight excluding hydrogens is 499 g/mol. The number of benzene rings is 3. The molecule has 2 amide bonds. The van der Waals surface area contributed by atoms with E-state index in [0.29, 0.717) is 40.8 Å². The van der Waals surface area contributed by atoms with Crippen molar-refractivity contribution in [2.24, 2.45) is 5.92 Å². The van der Waals surface area contributed by atoms with E-state index in [2.05, 4.69) is 10.4 Å². The summed E-state index contributed by atoms with van der Waals surface area (Å²) in [6.07, 6.45) is 0. The number of nitrogens with one attached hydrogen (secondary N) is 1. The second-order valence-corrected chi connectivity index (χ2v) is 9.36. The Kier molecular flexibility index (Phi) is 8.60. The van der Waals surface area contributed by atoms with Crippen LogP contribution in [-0.4, -0.2) is 53.8 Å². The predicted molar refractivity (Wildman–Crippen MR) is 148 cm³/mol. The maximum Gasteiger partial charge on any atom is 0.258 e. The van der Waals surface area contributed by atoms with Crippen molar-refractivity contribution in [3.63, 3.8) is 0 Å². The van der Waals surface area contributed by atoms with E-state index in [0.717, 1.165) is 5.56 Å². The molecule has 0 fully saturated rings. The lowest BCUT2D eigenvalue weighted by atomic mass is 10.1. The number of nitrogens with zero attached hydrogens (tertiary/aromatic N) is 3. The summed E-state index contributed by atoms with van der Waals surface area (Å²) in [5.74, 6) is 0.298. The predicted octanol–water partition coefficient (Wildman–Crippen LogP) is 5.43. The lowest BCUT2D eigenvalue weighted by molar-refractivity contribution is -0.117. The molecule has 1 N–H and O–H groups in total. The van der Waals surface area contributed by atoms with E-state index in [4.69, 9.17) is 9.47 Å². The van der Waals surface area contributed by atoms with Crippen LogP contribution in [-0.2, 0) is 4.79 Å². The molecule has 0 bridgehead atoms. The monoisotopic (exact) mass is 530 g/mol. The Hall–Kier alpha value is -4.66. The molecule has 0 atom stereocenters. The Morgan fingerprint density at radius 1 is 0.974 bits per heavy atom. The quantitative estimate of drug-likeness (QED) is 0.295. The van der Waals surface area contributed by atoms with Gasteiger partial charge < -0.3 is 19.7 Å². The van der Waals surface area contributed by atoms with E-state index in [9.17, 15) is 14.0 Å². The summed E-state index contributed by atoms with van der Waals surface area (Å²) in [6.45, 7) is 4.10. The molecule has 0 aliphatic rings. The van der Waals surface area contributed by atoms with Gasteiger partial charge in [-0.1, -0.05) is 44.2 Å². The van der Waals surface area contributed by atoms with Crippen molar-refractivity contribution in [2.45, 2.75) is 13.8 Å². The number of carbonyl (C=O) groups is 2. The van der Waals surface area contributed by atoms with Crippen LogP contribution in [0.4, 0.5) is 10.2 Å². The molecule has 202 valence electrons. The third-order valence-corrected chi connectivity index (χ3v) is 5.96. The van der Waals surface area contributed by atoms with Crippen molar-refractivity contribution in [3.8, 4) is 28.4 Å². The second-order valence-electron chi connectivity index (χ2n) is 9.36. The summed E-state index contributed by atoms with van der Waals surface area (Å²) >= 11 is 0. The van der Waals surface area contributed by atoms with Gasteiger partial charge in [-0.25, -0.2) is 9.07 Å². The van der Waals surface area contributed by atoms with E-state index in [-0.39, 0.29) is 24.2 Å². The summed E-state index contributed by atoms with van der Waals surface area (Å²) in [7, 11) is 3.01. The summed E-state index contributed by atoms with van der Waals surface area (Å²) in [5.41, 5.74) is 2.40. The van der Waals surface area contributed by atoms with Gasteiger partial charge in [0.15, 0.2) is 0 Å². The molecule has 3 aromatic carbocycles. The van der Waals surface area contributed by atoms with E-state index in [1.807, 2.05) is 44.2 Å². The number of rotatable bonds is 10. The number of amides is 2. The van der Waals surface area contributed by atoms with Gasteiger partial charge in [0.1, 0.15) is 29.7 Å². The lowest BCUT2D eigenvalue weighted by Gasteiger charge is -2.25. The van der Waals surface area contributed by atoms with E-state index >= 15 is 0 Å². The number of aromatic nitrogens is 2. The van der Waals surface area contributed by atoms with Crippen LogP contribution in [0.2, 0.25) is 0 Å². The normalized spacial score (nSPS) is 10.8. The Morgan fingerprint density at radius 3 is 2.33 bits per heavy atom. The molecule has 4 aromatic rings. The van der Waals surface area contributed by atoms with Crippen LogP contribution in [0.25, 0.3) is 16.9 Å². The van der Waals surface area contributed by atoms with Crippen LogP contribution in [0.1, 0.15) is 24.2 Å². The first-order valence-corrected chi connectivity index (χ1v) is 12.5. The SMILES string of the molecule is COc1ccc(C(=O)N(CC(=O)Nc2cc(-c3ccccc3)nn2-c2ccc(F)cc2)CC(C)C)c(OC)c1. The largest absolute Gasteiger partial charge is 0.497 e. The fourth-order valence-corrected chi connectivity index (χ4v) is 4.16. The van der Waals surface area contributed by atoms with Gasteiger partial charge >= 0.3 is 0 Å². The molecular formula is C30H31FN4O4. The van der Waals surface area contributed by atoms with Gasteiger partial charge in [-0.05, 0) is 42.3 Å². The fourth-order valence-electron chi connectivity index (χ4n) is 4.16. The average molecular weight is 531 g/mol. The zero-order chi connectivity index (χ0) is 27.9. The van der Waals surface area contributed by atoms with Crippen LogP contribution < -0.4 is 14.8 Å². The highest BCUT2D eigenvalue weighted by Crippen LogP contribution is 2.27. The molecule has 0 unspecified atom stereocenters. The number of hydrogen-bond donors (Lipinski definition) is 1. The lowest BCUT2D eigenvalue weighted by Crippen LogP contribution is -2.40. The summed E-state index contributed by atoms with van der Waals surface area (Å²) in [4.78, 5) is 28.3. The molecule has 39 heavy (non-hydrogen) atoms. The highest BCUT2D eigenvalue weighted by atomic mass is 19.1. The third kappa shape index (κ3) is 6.62. The summed E-state index contributed by atoms with van der Waals surface area (Å²) in [5, 5.41) is 7.55. The number of halogens is 1. The van der Waals surface area contributed by atoms with Crippen molar-refractivity contribution in [3.05, 3.63) is 90.2 Å². The van der Waals surface area contributed by atoms with E-state index in [1.165, 1.54) is 31.3 Å². The first kappa shape index (κ1) is 27.4. The highest BCUT2D eigenvalue weighted by Gasteiger charge is 2.24. The first-order chi connectivity index (χ1) is 18.8. The van der Waals surface area contributed by atoms with Crippen molar-refractivity contribution >= 4 is 17.6 Å². The minimum absolute atomic E-state index is 0.111. The van der Waals surface area contributed by atoms with Gasteiger partial charge in [0, 0.05) is 24.2 Å².